The number of piperidine rings is 1. The van der Waals surface area contributed by atoms with Crippen molar-refractivity contribution >= 4 is 16.7 Å². The number of hydrogen-bond donors (Lipinski definition) is 1. The van der Waals surface area contributed by atoms with Gasteiger partial charge in [0.2, 0.25) is 0 Å². The summed E-state index contributed by atoms with van der Waals surface area (Å²) in [4.78, 5) is 21.2. The van der Waals surface area contributed by atoms with E-state index in [-0.39, 0.29) is 5.75 Å². The summed E-state index contributed by atoms with van der Waals surface area (Å²) in [6.45, 7) is 4.28. The SMILES string of the molecule is Oc1cncc(-c2nc(C3=CCOCC3)c3ncn(C4CCN(Cc5ccccc5)CC4)c3n2)c1. The molecule has 0 unspecified atom stereocenters. The Morgan fingerprint density at radius 1 is 1.06 bits per heavy atom. The molecule has 178 valence electrons. The van der Waals surface area contributed by atoms with Gasteiger partial charge in [-0.25, -0.2) is 15.0 Å². The molecule has 1 saturated heterocycles. The Kier molecular flexibility index (Phi) is 5.98. The van der Waals surface area contributed by atoms with Gasteiger partial charge < -0.3 is 14.4 Å². The van der Waals surface area contributed by atoms with Crippen molar-refractivity contribution in [1.82, 2.24) is 29.4 Å². The molecule has 5 heterocycles. The van der Waals surface area contributed by atoms with Crippen LogP contribution in [0.1, 0.15) is 36.6 Å². The highest BCUT2D eigenvalue weighted by atomic mass is 16.5. The molecule has 1 N–H and O–H groups in total. The van der Waals surface area contributed by atoms with E-state index in [0.29, 0.717) is 30.6 Å². The number of imidazole rings is 1. The molecule has 0 bridgehead atoms. The summed E-state index contributed by atoms with van der Waals surface area (Å²) < 4.78 is 7.75. The topological polar surface area (TPSA) is 89.2 Å². The lowest BCUT2D eigenvalue weighted by Gasteiger charge is -2.32. The number of hydrogen-bond acceptors (Lipinski definition) is 7. The van der Waals surface area contributed by atoms with Crippen LogP contribution in [-0.2, 0) is 11.3 Å². The van der Waals surface area contributed by atoms with Crippen LogP contribution in [0.25, 0.3) is 28.1 Å². The van der Waals surface area contributed by atoms with Crippen LogP contribution in [0.3, 0.4) is 0 Å². The average Bonchev–Trinajstić information content (AvgIpc) is 3.34. The second kappa shape index (κ2) is 9.56. The zero-order chi connectivity index (χ0) is 23.6. The van der Waals surface area contributed by atoms with Crippen molar-refractivity contribution in [2.75, 3.05) is 26.3 Å². The Hall–Kier alpha value is -3.62. The first-order valence-electron chi connectivity index (χ1n) is 12.2. The normalized spacial score (nSPS) is 17.5. The summed E-state index contributed by atoms with van der Waals surface area (Å²) >= 11 is 0. The average molecular weight is 469 g/mol. The summed E-state index contributed by atoms with van der Waals surface area (Å²) in [5.74, 6) is 0.642. The molecule has 35 heavy (non-hydrogen) atoms. The van der Waals surface area contributed by atoms with Crippen molar-refractivity contribution < 1.29 is 9.84 Å². The highest BCUT2D eigenvalue weighted by Gasteiger charge is 2.25. The van der Waals surface area contributed by atoms with E-state index in [4.69, 9.17) is 19.7 Å². The lowest BCUT2D eigenvalue weighted by Crippen LogP contribution is -2.34. The van der Waals surface area contributed by atoms with Gasteiger partial charge in [0.05, 0.1) is 31.4 Å². The van der Waals surface area contributed by atoms with E-state index in [1.807, 2.05) is 6.33 Å². The molecule has 2 aliphatic heterocycles. The van der Waals surface area contributed by atoms with Gasteiger partial charge >= 0.3 is 0 Å². The number of likely N-dealkylation sites (tertiary alicyclic amines) is 1. The smallest absolute Gasteiger partial charge is 0.164 e. The molecule has 0 aliphatic carbocycles. The standard InChI is InChI=1S/C27H28N6O2/c34-23-14-21(15-28-16-23)26-30-24(20-8-12-35-13-9-20)25-27(31-26)33(18-29-25)22-6-10-32(11-7-22)17-19-4-2-1-3-5-19/h1-5,8,14-16,18,22,34H,6-7,9-13,17H2. The number of ether oxygens (including phenoxy) is 1. The van der Waals surface area contributed by atoms with Crippen LogP contribution < -0.4 is 0 Å². The highest BCUT2D eigenvalue weighted by Crippen LogP contribution is 2.32. The van der Waals surface area contributed by atoms with Crippen LogP contribution in [-0.4, -0.2) is 60.8 Å². The van der Waals surface area contributed by atoms with Gasteiger partial charge in [0, 0.05) is 37.4 Å². The molecule has 6 rings (SSSR count). The third-order valence-electron chi connectivity index (χ3n) is 6.87. The molecule has 0 spiro atoms. The van der Waals surface area contributed by atoms with Crippen molar-refractivity contribution in [2.45, 2.75) is 31.8 Å². The third-order valence-corrected chi connectivity index (χ3v) is 6.87. The van der Waals surface area contributed by atoms with Gasteiger partial charge in [0.25, 0.3) is 0 Å². The van der Waals surface area contributed by atoms with E-state index in [0.717, 1.165) is 61.3 Å². The molecule has 0 radical (unpaired) electrons. The van der Waals surface area contributed by atoms with E-state index >= 15 is 0 Å². The quantitative estimate of drug-likeness (QED) is 0.469. The van der Waals surface area contributed by atoms with Crippen LogP contribution >= 0.6 is 0 Å². The Morgan fingerprint density at radius 2 is 1.91 bits per heavy atom. The summed E-state index contributed by atoms with van der Waals surface area (Å²) in [5, 5.41) is 9.99. The summed E-state index contributed by atoms with van der Waals surface area (Å²) in [6.07, 6.45) is 9.97. The minimum absolute atomic E-state index is 0.0947. The predicted octanol–water partition coefficient (Wildman–Crippen LogP) is 4.23. The van der Waals surface area contributed by atoms with Gasteiger partial charge in [-0.1, -0.05) is 36.4 Å². The maximum Gasteiger partial charge on any atom is 0.164 e. The molecule has 0 amide bonds. The molecule has 3 aromatic heterocycles. The minimum Gasteiger partial charge on any atom is -0.506 e. The zero-order valence-corrected chi connectivity index (χ0v) is 19.5. The lowest BCUT2D eigenvalue weighted by molar-refractivity contribution is 0.161. The summed E-state index contributed by atoms with van der Waals surface area (Å²) in [6, 6.07) is 12.6. The van der Waals surface area contributed by atoms with Gasteiger partial charge in [-0.3, -0.25) is 9.88 Å². The van der Waals surface area contributed by atoms with Crippen LogP contribution in [0.2, 0.25) is 0 Å². The molecule has 1 aromatic carbocycles. The van der Waals surface area contributed by atoms with Crippen LogP contribution in [0.15, 0.2) is 61.2 Å². The van der Waals surface area contributed by atoms with Gasteiger partial charge in [-0.05, 0) is 36.5 Å². The molecular weight excluding hydrogens is 440 g/mol. The van der Waals surface area contributed by atoms with Crippen LogP contribution in [0, 0.1) is 0 Å². The minimum atomic E-state index is 0.0947. The van der Waals surface area contributed by atoms with Crippen molar-refractivity contribution in [3.05, 3.63) is 72.5 Å². The van der Waals surface area contributed by atoms with Gasteiger partial charge in [-0.15, -0.1) is 0 Å². The van der Waals surface area contributed by atoms with Crippen LogP contribution in [0.4, 0.5) is 0 Å². The van der Waals surface area contributed by atoms with Crippen molar-refractivity contribution in [1.29, 1.82) is 0 Å². The Balaban J connectivity index is 1.33. The number of aromatic hydroxyl groups is 1. The second-order valence-corrected chi connectivity index (χ2v) is 9.20. The first-order chi connectivity index (χ1) is 17.2. The monoisotopic (exact) mass is 468 g/mol. The van der Waals surface area contributed by atoms with Crippen molar-refractivity contribution in [2.24, 2.45) is 0 Å². The van der Waals surface area contributed by atoms with Gasteiger partial charge in [-0.2, -0.15) is 0 Å². The fourth-order valence-electron chi connectivity index (χ4n) is 5.03. The van der Waals surface area contributed by atoms with E-state index in [2.05, 4.69) is 50.9 Å². The third kappa shape index (κ3) is 4.54. The highest BCUT2D eigenvalue weighted by molar-refractivity contribution is 5.87. The van der Waals surface area contributed by atoms with E-state index in [9.17, 15) is 5.11 Å². The number of benzene rings is 1. The molecule has 8 heteroatoms. The molecular formula is C27H28N6O2. The Bertz CT molecular complexity index is 1360. The summed E-state index contributed by atoms with van der Waals surface area (Å²) in [7, 11) is 0. The number of nitrogens with zero attached hydrogens (tertiary/aromatic N) is 6. The molecule has 0 saturated carbocycles. The number of pyridine rings is 1. The lowest BCUT2D eigenvalue weighted by atomic mass is 10.0. The molecule has 8 nitrogen and oxygen atoms in total. The fourth-order valence-corrected chi connectivity index (χ4v) is 5.03. The number of aromatic nitrogens is 5. The Morgan fingerprint density at radius 3 is 2.69 bits per heavy atom. The fraction of sp³-hybridized carbons (Fsp3) is 0.333. The van der Waals surface area contributed by atoms with Gasteiger partial charge in [0.15, 0.2) is 11.5 Å². The van der Waals surface area contributed by atoms with Crippen molar-refractivity contribution in [3.63, 3.8) is 0 Å². The molecule has 4 aromatic rings. The first-order valence-corrected chi connectivity index (χ1v) is 12.2. The number of fused-ring (bicyclic) bond motifs is 1. The van der Waals surface area contributed by atoms with Gasteiger partial charge in [0.1, 0.15) is 11.3 Å². The van der Waals surface area contributed by atoms with E-state index in [1.54, 1.807) is 12.3 Å². The zero-order valence-electron chi connectivity index (χ0n) is 19.5. The predicted molar refractivity (Wildman–Crippen MR) is 134 cm³/mol. The maximum atomic E-state index is 9.99. The van der Waals surface area contributed by atoms with Crippen LogP contribution in [0.5, 0.6) is 5.75 Å². The largest absolute Gasteiger partial charge is 0.506 e. The first kappa shape index (κ1) is 21.9. The maximum absolute atomic E-state index is 9.99. The summed E-state index contributed by atoms with van der Waals surface area (Å²) in [5.41, 5.74) is 5.67. The van der Waals surface area contributed by atoms with E-state index < -0.39 is 0 Å². The number of rotatable bonds is 5. The molecule has 2 aliphatic rings. The Labute approximate surface area is 204 Å². The van der Waals surface area contributed by atoms with Crippen molar-refractivity contribution in [3.8, 4) is 17.1 Å². The van der Waals surface area contributed by atoms with E-state index in [1.165, 1.54) is 11.8 Å². The molecule has 0 atom stereocenters. The second-order valence-electron chi connectivity index (χ2n) is 9.20. The molecule has 1 fully saturated rings.